The summed E-state index contributed by atoms with van der Waals surface area (Å²) in [4.78, 5) is 47.8. The van der Waals surface area contributed by atoms with E-state index in [0.717, 1.165) is 82.7 Å². The van der Waals surface area contributed by atoms with E-state index in [4.69, 9.17) is 4.99 Å². The van der Waals surface area contributed by atoms with E-state index in [1.165, 1.54) is 16.2 Å². The molecule has 7 nitrogen and oxygen atoms in total. The third-order valence-electron chi connectivity index (χ3n) is 9.65. The normalized spacial score (nSPS) is 17.0. The summed E-state index contributed by atoms with van der Waals surface area (Å²) in [7, 11) is 0. The maximum Gasteiger partial charge on any atom is 0.240 e. The van der Waals surface area contributed by atoms with Crippen LogP contribution >= 0.6 is 0 Å². The highest BCUT2D eigenvalue weighted by Crippen LogP contribution is 2.38. The van der Waals surface area contributed by atoms with Gasteiger partial charge in [-0.15, -0.1) is 0 Å². The summed E-state index contributed by atoms with van der Waals surface area (Å²) in [6, 6.07) is 0. The van der Waals surface area contributed by atoms with Crippen molar-refractivity contribution in [2.75, 3.05) is 13.1 Å². The predicted octanol–water partition coefficient (Wildman–Crippen LogP) is 8.76. The van der Waals surface area contributed by atoms with Gasteiger partial charge in [-0.25, -0.2) is 0 Å². The molecule has 45 heavy (non-hydrogen) atoms. The zero-order valence-corrected chi connectivity index (χ0v) is 31.2. The highest BCUT2D eigenvalue weighted by atomic mass is 16.2. The number of hydrogen-bond acceptors (Lipinski definition) is 4. The van der Waals surface area contributed by atoms with Gasteiger partial charge >= 0.3 is 0 Å². The number of nitrogens with one attached hydrogen (secondary N) is 2. The first kappa shape index (κ1) is 40.8. The Morgan fingerprint density at radius 2 is 1.11 bits per heavy atom. The molecule has 2 atom stereocenters. The van der Waals surface area contributed by atoms with Crippen molar-refractivity contribution in [3.63, 3.8) is 0 Å². The highest BCUT2D eigenvalue weighted by Gasteiger charge is 2.36. The molecule has 0 bridgehead atoms. The Kier molecular flexibility index (Phi) is 18.3. The van der Waals surface area contributed by atoms with E-state index in [1.54, 1.807) is 0 Å². The van der Waals surface area contributed by atoms with Crippen LogP contribution < -0.4 is 10.6 Å². The van der Waals surface area contributed by atoms with Crippen LogP contribution in [-0.2, 0) is 14.4 Å². The molecule has 0 unspecified atom stereocenters. The molecule has 0 saturated heterocycles. The van der Waals surface area contributed by atoms with Crippen LogP contribution in [0.2, 0.25) is 0 Å². The Labute approximate surface area is 277 Å². The van der Waals surface area contributed by atoms with Gasteiger partial charge in [-0.2, -0.15) is 0 Å². The van der Waals surface area contributed by atoms with E-state index < -0.39 is 0 Å². The van der Waals surface area contributed by atoms with Gasteiger partial charge in [0.1, 0.15) is 13.1 Å². The maximum absolute atomic E-state index is 14.0. The Morgan fingerprint density at radius 1 is 0.733 bits per heavy atom. The third kappa shape index (κ3) is 12.5. The SMILES string of the molecule is CCCC(CCC)(CCC)NC(=O)CN(CC(=O)NC(CCC)(CCC)CCC)C(=O)CC[C@@H]1C(=C(C)C)N=C(C(C)C)[C@H]1C. The van der Waals surface area contributed by atoms with E-state index in [0.29, 0.717) is 12.3 Å². The predicted molar refractivity (Wildman–Crippen MR) is 190 cm³/mol. The molecule has 3 amide bonds. The molecule has 260 valence electrons. The van der Waals surface area contributed by atoms with Crippen molar-refractivity contribution in [3.8, 4) is 0 Å². The number of amides is 3. The summed E-state index contributed by atoms with van der Waals surface area (Å²) in [5.74, 6) is 0.300. The summed E-state index contributed by atoms with van der Waals surface area (Å²) < 4.78 is 0. The average Bonchev–Trinajstić information content (AvgIpc) is 3.28. The summed E-state index contributed by atoms with van der Waals surface area (Å²) in [5, 5.41) is 6.71. The van der Waals surface area contributed by atoms with Crippen molar-refractivity contribution in [2.24, 2.45) is 22.7 Å². The fourth-order valence-corrected chi connectivity index (χ4v) is 7.97. The van der Waals surface area contributed by atoms with Gasteiger partial charge in [0.2, 0.25) is 17.7 Å². The standard InChI is InChI=1S/C38H70N4O3/c1-12-20-37(21-13-2,22-14-3)40-32(43)26-42(27-33(44)41-38(23-15-4,24-16-5)25-17-6)34(45)19-18-31-30(11)35(28(7)8)39-36(31)29(9)10/h28,30-31H,12-27H2,1-11H3,(H,40,43)(H,41,44)/t30-,31-/m0/s1. The molecule has 0 saturated carbocycles. The number of aliphatic imine (C=N–C) groups is 1. The van der Waals surface area contributed by atoms with Gasteiger partial charge in [0, 0.05) is 40.7 Å². The minimum atomic E-state index is -0.271. The van der Waals surface area contributed by atoms with Crippen molar-refractivity contribution >= 4 is 23.4 Å². The van der Waals surface area contributed by atoms with Crippen LogP contribution in [0.5, 0.6) is 0 Å². The van der Waals surface area contributed by atoms with Gasteiger partial charge in [0.05, 0.1) is 0 Å². The van der Waals surface area contributed by atoms with Crippen LogP contribution in [-0.4, -0.2) is 52.5 Å². The lowest BCUT2D eigenvalue weighted by atomic mass is 9.83. The first-order valence-corrected chi connectivity index (χ1v) is 18.4. The molecule has 0 spiro atoms. The van der Waals surface area contributed by atoms with Gasteiger partial charge in [0.25, 0.3) is 0 Å². The number of hydrogen-bond donors (Lipinski definition) is 2. The second kappa shape index (κ2) is 20.1. The highest BCUT2D eigenvalue weighted by molar-refractivity contribution is 5.92. The molecule has 0 aromatic heterocycles. The first-order chi connectivity index (χ1) is 21.3. The zero-order chi connectivity index (χ0) is 34.2. The van der Waals surface area contributed by atoms with E-state index in [-0.39, 0.29) is 60.1 Å². The maximum atomic E-state index is 14.0. The second-order valence-electron chi connectivity index (χ2n) is 14.4. The Morgan fingerprint density at radius 3 is 1.42 bits per heavy atom. The van der Waals surface area contributed by atoms with Crippen molar-refractivity contribution in [1.29, 1.82) is 0 Å². The lowest BCUT2D eigenvalue weighted by Gasteiger charge is -2.37. The van der Waals surface area contributed by atoms with Crippen molar-refractivity contribution in [2.45, 2.75) is 177 Å². The van der Waals surface area contributed by atoms with Crippen LogP contribution in [0.1, 0.15) is 166 Å². The lowest BCUT2D eigenvalue weighted by Crippen LogP contribution is -2.55. The van der Waals surface area contributed by atoms with Gasteiger partial charge in [-0.05, 0) is 64.7 Å². The van der Waals surface area contributed by atoms with E-state index in [1.807, 2.05) is 0 Å². The Balaban J connectivity index is 3.29. The van der Waals surface area contributed by atoms with Crippen molar-refractivity contribution in [1.82, 2.24) is 15.5 Å². The summed E-state index contributed by atoms with van der Waals surface area (Å²) in [6.07, 6.45) is 12.3. The van der Waals surface area contributed by atoms with Gasteiger partial charge in [0.15, 0.2) is 0 Å². The molecule has 1 aliphatic rings. The molecule has 2 N–H and O–H groups in total. The van der Waals surface area contributed by atoms with Crippen molar-refractivity contribution < 1.29 is 14.4 Å². The van der Waals surface area contributed by atoms with E-state index in [2.05, 4.69) is 86.8 Å². The summed E-state index contributed by atoms with van der Waals surface area (Å²) in [5.41, 5.74) is 2.93. The van der Waals surface area contributed by atoms with Gasteiger partial charge in [-0.3, -0.25) is 19.4 Å². The molecule has 0 fully saturated rings. The van der Waals surface area contributed by atoms with Gasteiger partial charge < -0.3 is 15.5 Å². The lowest BCUT2D eigenvalue weighted by molar-refractivity contribution is -0.140. The summed E-state index contributed by atoms with van der Waals surface area (Å²) >= 11 is 0. The smallest absolute Gasteiger partial charge is 0.240 e. The van der Waals surface area contributed by atoms with E-state index >= 15 is 0 Å². The molecule has 1 rings (SSSR count). The zero-order valence-electron chi connectivity index (χ0n) is 31.2. The largest absolute Gasteiger partial charge is 0.349 e. The minimum absolute atomic E-state index is 0.100. The number of nitrogens with zero attached hydrogens (tertiary/aromatic N) is 2. The molecular weight excluding hydrogens is 560 g/mol. The second-order valence-corrected chi connectivity index (χ2v) is 14.4. The fraction of sp³-hybridized carbons (Fsp3) is 0.842. The molecule has 1 heterocycles. The molecular formula is C38H70N4O3. The molecule has 0 aromatic rings. The molecule has 0 aromatic carbocycles. The Hall–Kier alpha value is -2.18. The summed E-state index contributed by atoms with van der Waals surface area (Å²) in [6.45, 7) is 23.5. The quantitative estimate of drug-likeness (QED) is 0.125. The molecule has 0 aliphatic carbocycles. The first-order valence-electron chi connectivity index (χ1n) is 18.4. The molecule has 0 radical (unpaired) electrons. The number of rotatable bonds is 22. The minimum Gasteiger partial charge on any atom is -0.349 e. The van der Waals surface area contributed by atoms with Crippen molar-refractivity contribution in [3.05, 3.63) is 11.3 Å². The number of carbonyl (C=O) groups excluding carboxylic acids is 3. The molecule has 7 heteroatoms. The average molecular weight is 631 g/mol. The number of allylic oxidation sites excluding steroid dienone is 2. The van der Waals surface area contributed by atoms with E-state index in [9.17, 15) is 14.4 Å². The van der Waals surface area contributed by atoms with Crippen LogP contribution in [0.4, 0.5) is 0 Å². The van der Waals surface area contributed by atoms with Crippen LogP contribution in [0, 0.1) is 17.8 Å². The fourth-order valence-electron chi connectivity index (χ4n) is 7.97. The van der Waals surface area contributed by atoms with Crippen LogP contribution in [0.3, 0.4) is 0 Å². The monoisotopic (exact) mass is 631 g/mol. The third-order valence-corrected chi connectivity index (χ3v) is 9.65. The topological polar surface area (TPSA) is 90.9 Å². The molecule has 1 aliphatic heterocycles. The van der Waals surface area contributed by atoms with Crippen LogP contribution in [0.15, 0.2) is 16.3 Å². The Bertz CT molecular complexity index is 919. The van der Waals surface area contributed by atoms with Gasteiger partial charge in [-0.1, -0.05) is 106 Å². The number of carbonyl (C=O) groups is 3. The van der Waals surface area contributed by atoms with Crippen LogP contribution in [0.25, 0.3) is 0 Å².